The van der Waals surface area contributed by atoms with Crippen LogP contribution >= 0.6 is 0 Å². The van der Waals surface area contributed by atoms with Gasteiger partial charge in [-0.3, -0.25) is 9.59 Å². The van der Waals surface area contributed by atoms with E-state index in [1.165, 1.54) is 30.5 Å². The number of alkyl halides is 2. The van der Waals surface area contributed by atoms with E-state index < -0.39 is 36.7 Å². The minimum Gasteiger partial charge on any atom is -0.459 e. The van der Waals surface area contributed by atoms with E-state index in [2.05, 4.69) is 20.1 Å². The molecule has 0 radical (unpaired) electrons. The van der Waals surface area contributed by atoms with Crippen molar-refractivity contribution in [2.75, 3.05) is 11.9 Å². The predicted molar refractivity (Wildman–Crippen MR) is 97.0 cm³/mol. The second-order valence-corrected chi connectivity index (χ2v) is 6.66. The van der Waals surface area contributed by atoms with Crippen LogP contribution in [0, 0.1) is 5.92 Å². The maximum Gasteiger partial charge on any atom is 0.586 e. The molecule has 9 nitrogen and oxygen atoms in total. The number of rotatable bonds is 7. The highest BCUT2D eigenvalue weighted by Crippen LogP contribution is 2.42. The number of fused-ring (bicyclic) bond motifs is 1. The SMILES string of the molecule is CC(C)[C@@H](NC(=O)c1ccco1)C(=O)OCC(=O)Nc1ccc2c(c1)OC(F)(F)O2. The van der Waals surface area contributed by atoms with Crippen molar-refractivity contribution in [1.29, 1.82) is 0 Å². The summed E-state index contributed by atoms with van der Waals surface area (Å²) in [5.74, 6) is -2.84. The first kappa shape index (κ1) is 21.1. The average Bonchev–Trinajstić information content (AvgIpc) is 3.29. The van der Waals surface area contributed by atoms with Crippen LogP contribution in [0.4, 0.5) is 14.5 Å². The molecule has 1 atom stereocenters. The number of halogens is 2. The fourth-order valence-corrected chi connectivity index (χ4v) is 2.57. The average molecular weight is 424 g/mol. The van der Waals surface area contributed by atoms with Crippen LogP contribution in [-0.2, 0) is 14.3 Å². The van der Waals surface area contributed by atoms with Crippen molar-refractivity contribution in [2.24, 2.45) is 5.92 Å². The van der Waals surface area contributed by atoms with Crippen molar-refractivity contribution in [3.8, 4) is 11.5 Å². The Morgan fingerprint density at radius 2 is 1.87 bits per heavy atom. The largest absolute Gasteiger partial charge is 0.586 e. The smallest absolute Gasteiger partial charge is 0.459 e. The zero-order valence-electron chi connectivity index (χ0n) is 15.9. The molecule has 30 heavy (non-hydrogen) atoms. The van der Waals surface area contributed by atoms with Gasteiger partial charge < -0.3 is 29.3 Å². The van der Waals surface area contributed by atoms with Crippen LogP contribution in [-0.4, -0.2) is 36.7 Å². The third-order valence-electron chi connectivity index (χ3n) is 3.98. The summed E-state index contributed by atoms with van der Waals surface area (Å²) >= 11 is 0. The molecule has 0 unspecified atom stereocenters. The van der Waals surface area contributed by atoms with Gasteiger partial charge >= 0.3 is 12.3 Å². The van der Waals surface area contributed by atoms with Crippen LogP contribution in [0.3, 0.4) is 0 Å². The molecule has 1 aromatic heterocycles. The van der Waals surface area contributed by atoms with E-state index in [0.29, 0.717) is 0 Å². The van der Waals surface area contributed by atoms with Gasteiger partial charge in [-0.15, -0.1) is 8.78 Å². The van der Waals surface area contributed by atoms with Crippen LogP contribution in [0.5, 0.6) is 11.5 Å². The van der Waals surface area contributed by atoms with Crippen molar-refractivity contribution in [3.05, 3.63) is 42.4 Å². The van der Waals surface area contributed by atoms with E-state index >= 15 is 0 Å². The summed E-state index contributed by atoms with van der Waals surface area (Å²) in [4.78, 5) is 36.4. The molecule has 1 aliphatic heterocycles. The number of anilines is 1. The summed E-state index contributed by atoms with van der Waals surface area (Å²) in [7, 11) is 0. The van der Waals surface area contributed by atoms with Gasteiger partial charge in [-0.1, -0.05) is 13.8 Å². The Balaban J connectivity index is 1.53. The van der Waals surface area contributed by atoms with E-state index in [4.69, 9.17) is 9.15 Å². The standard InChI is InChI=1S/C19H18F2N2O7/c1-10(2)16(23-17(25)13-4-3-7-27-13)18(26)28-9-15(24)22-11-5-6-12-14(8-11)30-19(20,21)29-12/h3-8,10,16H,9H2,1-2H3,(H,22,24)(H,23,25)/t16-/m1/s1. The number of ether oxygens (including phenoxy) is 3. The van der Waals surface area contributed by atoms with E-state index in [9.17, 15) is 23.2 Å². The van der Waals surface area contributed by atoms with E-state index in [-0.39, 0.29) is 28.9 Å². The molecule has 2 amide bonds. The minimum atomic E-state index is -3.77. The molecule has 0 aliphatic carbocycles. The highest BCUT2D eigenvalue weighted by Gasteiger charge is 2.43. The van der Waals surface area contributed by atoms with Gasteiger partial charge in [0.15, 0.2) is 23.9 Å². The summed E-state index contributed by atoms with van der Waals surface area (Å²) < 4.78 is 44.6. The first-order chi connectivity index (χ1) is 14.1. The first-order valence-electron chi connectivity index (χ1n) is 8.85. The Bertz CT molecular complexity index is 944. The molecule has 0 spiro atoms. The molecule has 1 aromatic carbocycles. The van der Waals surface area contributed by atoms with Crippen LogP contribution in [0.15, 0.2) is 41.0 Å². The van der Waals surface area contributed by atoms with E-state index in [1.807, 2.05) is 0 Å². The molecule has 0 fully saturated rings. The maximum atomic E-state index is 13.0. The van der Waals surface area contributed by atoms with Crippen LogP contribution in [0.25, 0.3) is 0 Å². The lowest BCUT2D eigenvalue weighted by Gasteiger charge is -2.20. The Kier molecular flexibility index (Phi) is 5.90. The van der Waals surface area contributed by atoms with Gasteiger partial charge in [0.2, 0.25) is 0 Å². The van der Waals surface area contributed by atoms with Crippen LogP contribution in [0.2, 0.25) is 0 Å². The monoisotopic (exact) mass is 424 g/mol. The summed E-state index contributed by atoms with van der Waals surface area (Å²) in [6, 6.07) is 5.63. The van der Waals surface area contributed by atoms with Gasteiger partial charge in [-0.05, 0) is 30.2 Å². The summed E-state index contributed by atoms with van der Waals surface area (Å²) in [5, 5.41) is 4.87. The normalized spacial score (nSPS) is 14.8. The van der Waals surface area contributed by atoms with Crippen LogP contribution < -0.4 is 20.1 Å². The number of furan rings is 1. The molecule has 3 rings (SSSR count). The zero-order chi connectivity index (χ0) is 21.9. The summed E-state index contributed by atoms with van der Waals surface area (Å²) in [6.45, 7) is 2.73. The number of carbonyl (C=O) groups is 3. The lowest BCUT2D eigenvalue weighted by molar-refractivity contribution is -0.286. The maximum absolute atomic E-state index is 13.0. The van der Waals surface area contributed by atoms with Gasteiger partial charge in [0.1, 0.15) is 6.04 Å². The number of hydrogen-bond acceptors (Lipinski definition) is 7. The fourth-order valence-electron chi connectivity index (χ4n) is 2.57. The molecule has 11 heteroatoms. The third-order valence-corrected chi connectivity index (χ3v) is 3.98. The first-order valence-corrected chi connectivity index (χ1v) is 8.85. The highest BCUT2D eigenvalue weighted by atomic mass is 19.3. The molecule has 160 valence electrons. The molecule has 2 heterocycles. The molecule has 2 aromatic rings. The number of amides is 2. The van der Waals surface area contributed by atoms with Gasteiger partial charge in [0.25, 0.3) is 11.8 Å². The van der Waals surface area contributed by atoms with Gasteiger partial charge in [0.05, 0.1) is 6.26 Å². The molecule has 1 aliphatic rings. The Morgan fingerprint density at radius 3 is 2.53 bits per heavy atom. The zero-order valence-corrected chi connectivity index (χ0v) is 15.9. The van der Waals surface area contributed by atoms with Crippen molar-refractivity contribution in [1.82, 2.24) is 5.32 Å². The number of esters is 1. The van der Waals surface area contributed by atoms with Gasteiger partial charge in [-0.25, -0.2) is 4.79 Å². The molecule has 0 saturated heterocycles. The van der Waals surface area contributed by atoms with Crippen molar-refractivity contribution in [2.45, 2.75) is 26.2 Å². The summed E-state index contributed by atoms with van der Waals surface area (Å²) in [5.41, 5.74) is 0.141. The molecule has 0 bridgehead atoms. The number of benzene rings is 1. The van der Waals surface area contributed by atoms with E-state index in [1.54, 1.807) is 13.8 Å². The lowest BCUT2D eigenvalue weighted by atomic mass is 10.0. The number of carbonyl (C=O) groups excluding carboxylic acids is 3. The van der Waals surface area contributed by atoms with Gasteiger partial charge in [-0.2, -0.15) is 0 Å². The molecular formula is C19H18F2N2O7. The second kappa shape index (κ2) is 8.39. The highest BCUT2D eigenvalue weighted by molar-refractivity contribution is 5.96. The second-order valence-electron chi connectivity index (χ2n) is 6.66. The lowest BCUT2D eigenvalue weighted by Crippen LogP contribution is -2.45. The Hall–Kier alpha value is -3.63. The molecule has 2 N–H and O–H groups in total. The molecule has 0 saturated carbocycles. The van der Waals surface area contributed by atoms with Crippen molar-refractivity contribution < 1.29 is 41.8 Å². The Labute approximate surface area is 169 Å². The topological polar surface area (TPSA) is 116 Å². The van der Waals surface area contributed by atoms with Crippen LogP contribution in [0.1, 0.15) is 24.4 Å². The number of nitrogens with one attached hydrogen (secondary N) is 2. The third kappa shape index (κ3) is 5.04. The predicted octanol–water partition coefficient (Wildman–Crippen LogP) is 2.54. The van der Waals surface area contributed by atoms with Crippen molar-refractivity contribution >= 4 is 23.5 Å². The van der Waals surface area contributed by atoms with Crippen molar-refractivity contribution in [3.63, 3.8) is 0 Å². The minimum absolute atomic E-state index is 0.0274. The summed E-state index contributed by atoms with van der Waals surface area (Å²) in [6.07, 6.45) is -2.45. The number of hydrogen-bond donors (Lipinski definition) is 2. The Morgan fingerprint density at radius 1 is 1.13 bits per heavy atom. The quantitative estimate of drug-likeness (QED) is 0.656. The fraction of sp³-hybridized carbons (Fsp3) is 0.316. The van der Waals surface area contributed by atoms with Gasteiger partial charge in [0, 0.05) is 11.8 Å². The van der Waals surface area contributed by atoms with E-state index in [0.717, 1.165) is 6.07 Å². The molecular weight excluding hydrogens is 406 g/mol.